The van der Waals surface area contributed by atoms with E-state index >= 15 is 0 Å². The number of cyclic esters (lactones) is 1. The summed E-state index contributed by atoms with van der Waals surface area (Å²) in [6, 6.07) is 0. The maximum Gasteiger partial charge on any atom is 0.334 e. The van der Waals surface area contributed by atoms with Crippen molar-refractivity contribution in [1.82, 2.24) is 0 Å². The van der Waals surface area contributed by atoms with Crippen molar-refractivity contribution in [1.29, 1.82) is 0 Å². The maximum atomic E-state index is 13.4. The third kappa shape index (κ3) is 3.17. The molecule has 3 saturated carbocycles. The van der Waals surface area contributed by atoms with E-state index in [1.54, 1.807) is 19.9 Å². The second-order valence-electron chi connectivity index (χ2n) is 13.3. The van der Waals surface area contributed by atoms with Crippen LogP contribution in [0.25, 0.3) is 0 Å². The smallest absolute Gasteiger partial charge is 0.334 e. The Hall–Kier alpha value is -2.03. The molecule has 6 aliphatic rings. The molecule has 1 saturated heterocycles. The van der Waals surface area contributed by atoms with E-state index in [0.29, 0.717) is 31.3 Å². The lowest BCUT2D eigenvalue weighted by Gasteiger charge is -2.59. The van der Waals surface area contributed by atoms with Crippen molar-refractivity contribution in [3.05, 3.63) is 23.3 Å². The molecule has 1 spiro atoms. The van der Waals surface area contributed by atoms with Gasteiger partial charge in [0.15, 0.2) is 5.78 Å². The van der Waals surface area contributed by atoms with Gasteiger partial charge in [-0.1, -0.05) is 5.57 Å². The van der Waals surface area contributed by atoms with E-state index < -0.39 is 40.2 Å². The number of ether oxygens (including phenoxy) is 3. The Labute approximate surface area is 223 Å². The van der Waals surface area contributed by atoms with Gasteiger partial charge in [-0.25, -0.2) is 4.79 Å². The number of fused-ring (bicyclic) bond motifs is 4. The SMILES string of the molecule is CC(=O)OC[C@]12CC[C@H]3[C@@H](C[C@H]4O[C@]45[C@@H](O)C=CC(=O)[C@]35C)[C@@H]1CC[C@@H]2[C@@](C)(O)[C@H]1CC(C)=C(C)C(=O)O1. The van der Waals surface area contributed by atoms with Gasteiger partial charge in [0.25, 0.3) is 0 Å². The van der Waals surface area contributed by atoms with Gasteiger partial charge in [-0.15, -0.1) is 0 Å². The van der Waals surface area contributed by atoms with Crippen LogP contribution in [0.1, 0.15) is 73.1 Å². The number of aliphatic hydroxyl groups is 2. The Balaban J connectivity index is 1.37. The third-order valence-electron chi connectivity index (χ3n) is 11.9. The Morgan fingerprint density at radius 2 is 1.95 bits per heavy atom. The number of hydrogen-bond donors (Lipinski definition) is 2. The van der Waals surface area contributed by atoms with Crippen molar-refractivity contribution in [2.24, 2.45) is 34.5 Å². The second-order valence-corrected chi connectivity index (χ2v) is 13.3. The van der Waals surface area contributed by atoms with Crippen molar-refractivity contribution >= 4 is 17.7 Å². The van der Waals surface area contributed by atoms with E-state index in [2.05, 4.69) is 0 Å². The first-order valence-electron chi connectivity index (χ1n) is 14.1. The predicted octanol–water partition coefficient (Wildman–Crippen LogP) is 3.04. The van der Waals surface area contributed by atoms with Crippen LogP contribution in [0.5, 0.6) is 0 Å². The fourth-order valence-corrected chi connectivity index (χ4v) is 9.80. The second kappa shape index (κ2) is 8.24. The fraction of sp³-hybridized carbons (Fsp3) is 0.767. The van der Waals surface area contributed by atoms with Gasteiger partial charge in [0, 0.05) is 30.3 Å². The van der Waals surface area contributed by atoms with E-state index in [-0.39, 0.29) is 48.1 Å². The lowest BCUT2D eigenvalue weighted by atomic mass is 9.44. The molecule has 0 aromatic rings. The van der Waals surface area contributed by atoms with Crippen LogP contribution in [0.15, 0.2) is 23.3 Å². The van der Waals surface area contributed by atoms with Gasteiger partial charge in [0.05, 0.1) is 18.1 Å². The first kappa shape index (κ1) is 26.2. The molecule has 208 valence electrons. The Morgan fingerprint density at radius 3 is 2.63 bits per heavy atom. The molecule has 11 atom stereocenters. The number of carbonyl (C=O) groups excluding carboxylic acids is 3. The molecule has 0 aromatic carbocycles. The van der Waals surface area contributed by atoms with E-state index in [1.165, 1.54) is 13.0 Å². The van der Waals surface area contributed by atoms with Crippen LogP contribution in [-0.2, 0) is 28.6 Å². The van der Waals surface area contributed by atoms with Crippen LogP contribution < -0.4 is 0 Å². The van der Waals surface area contributed by atoms with Crippen molar-refractivity contribution < 1.29 is 38.8 Å². The minimum absolute atomic E-state index is 0.0146. The number of esters is 2. The van der Waals surface area contributed by atoms with Crippen LogP contribution >= 0.6 is 0 Å². The standard InChI is InChI=1S/C30H40O8/c1-15-12-24(37-26(34)16(15)2)28(5,35)21-7-6-20-18-13-25-30(38-25)23(33)9-8-22(32)27(30,4)19(18)10-11-29(20,21)14-36-17(3)31/h8-9,18-21,23-25,33,35H,6-7,10-14H2,1-5H3/t18-,19+,20+,21-,23+,24-,25-,27+,28-,29-,30-/m1/s1. The van der Waals surface area contributed by atoms with Gasteiger partial charge in [0.2, 0.25) is 0 Å². The van der Waals surface area contributed by atoms with Crippen LogP contribution in [0.2, 0.25) is 0 Å². The lowest BCUT2D eigenvalue weighted by Crippen LogP contribution is -2.65. The molecule has 4 fully saturated rings. The Morgan fingerprint density at radius 1 is 1.21 bits per heavy atom. The van der Waals surface area contributed by atoms with Crippen molar-refractivity contribution in [2.45, 2.75) is 103 Å². The van der Waals surface area contributed by atoms with E-state index in [1.807, 2.05) is 13.8 Å². The minimum Gasteiger partial charge on any atom is -0.465 e. The van der Waals surface area contributed by atoms with E-state index in [9.17, 15) is 24.6 Å². The fourth-order valence-electron chi connectivity index (χ4n) is 9.80. The summed E-state index contributed by atoms with van der Waals surface area (Å²) < 4.78 is 17.7. The number of aliphatic hydroxyl groups excluding tert-OH is 1. The zero-order valence-corrected chi connectivity index (χ0v) is 23.0. The highest BCUT2D eigenvalue weighted by Gasteiger charge is 2.80. The highest BCUT2D eigenvalue weighted by atomic mass is 16.6. The molecular weight excluding hydrogens is 488 g/mol. The molecule has 0 amide bonds. The molecule has 2 heterocycles. The molecular formula is C30H40O8. The van der Waals surface area contributed by atoms with Crippen LogP contribution in [0, 0.1) is 34.5 Å². The number of carbonyl (C=O) groups is 3. The highest BCUT2D eigenvalue weighted by Crippen LogP contribution is 2.73. The van der Waals surface area contributed by atoms with Crippen LogP contribution in [-0.4, -0.2) is 64.1 Å². The van der Waals surface area contributed by atoms with Crippen molar-refractivity contribution in [2.75, 3.05) is 6.61 Å². The average molecular weight is 529 g/mol. The van der Waals surface area contributed by atoms with Gasteiger partial charge in [-0.05, 0) is 89.7 Å². The normalized spacial score (nSPS) is 48.8. The number of allylic oxidation sites excluding steroid dienone is 1. The van der Waals surface area contributed by atoms with Gasteiger partial charge in [-0.2, -0.15) is 0 Å². The van der Waals surface area contributed by atoms with Gasteiger partial charge < -0.3 is 24.4 Å². The summed E-state index contributed by atoms with van der Waals surface area (Å²) in [6.45, 7) is 9.00. The molecule has 8 heteroatoms. The number of hydrogen-bond acceptors (Lipinski definition) is 8. The summed E-state index contributed by atoms with van der Waals surface area (Å²) in [5.41, 5.74) is -1.99. The quantitative estimate of drug-likeness (QED) is 0.422. The molecule has 0 unspecified atom stereocenters. The number of epoxide rings is 1. The summed E-state index contributed by atoms with van der Waals surface area (Å²) in [5, 5.41) is 23.1. The molecule has 0 radical (unpaired) electrons. The summed E-state index contributed by atoms with van der Waals surface area (Å²) in [4.78, 5) is 38.1. The van der Waals surface area contributed by atoms with Crippen LogP contribution in [0.4, 0.5) is 0 Å². The summed E-state index contributed by atoms with van der Waals surface area (Å²) in [7, 11) is 0. The van der Waals surface area contributed by atoms with E-state index in [4.69, 9.17) is 14.2 Å². The average Bonchev–Trinajstić information content (AvgIpc) is 3.47. The molecule has 0 bridgehead atoms. The Bertz CT molecular complexity index is 1150. The summed E-state index contributed by atoms with van der Waals surface area (Å²) in [5.74, 6) is -0.739. The predicted molar refractivity (Wildman–Crippen MR) is 135 cm³/mol. The largest absolute Gasteiger partial charge is 0.465 e. The highest BCUT2D eigenvalue weighted by molar-refractivity contribution is 5.98. The summed E-state index contributed by atoms with van der Waals surface area (Å²) in [6.07, 6.45) is 5.53. The monoisotopic (exact) mass is 528 g/mol. The molecule has 6 rings (SSSR count). The summed E-state index contributed by atoms with van der Waals surface area (Å²) >= 11 is 0. The minimum atomic E-state index is -1.32. The zero-order valence-electron chi connectivity index (χ0n) is 23.0. The van der Waals surface area contributed by atoms with Gasteiger partial charge in [0.1, 0.15) is 23.4 Å². The van der Waals surface area contributed by atoms with E-state index in [0.717, 1.165) is 18.4 Å². The first-order chi connectivity index (χ1) is 17.8. The van der Waals surface area contributed by atoms with Gasteiger partial charge >= 0.3 is 11.9 Å². The van der Waals surface area contributed by atoms with Crippen molar-refractivity contribution in [3.8, 4) is 0 Å². The zero-order chi connectivity index (χ0) is 27.4. The maximum absolute atomic E-state index is 13.4. The molecule has 2 aliphatic heterocycles. The first-order valence-corrected chi connectivity index (χ1v) is 14.1. The van der Waals surface area contributed by atoms with Crippen LogP contribution in [0.3, 0.4) is 0 Å². The topological polar surface area (TPSA) is 123 Å². The third-order valence-corrected chi connectivity index (χ3v) is 11.9. The van der Waals surface area contributed by atoms with Gasteiger partial charge in [-0.3, -0.25) is 9.59 Å². The molecule has 0 aromatic heterocycles. The molecule has 2 N–H and O–H groups in total. The molecule has 38 heavy (non-hydrogen) atoms. The van der Waals surface area contributed by atoms with Crippen molar-refractivity contribution in [3.63, 3.8) is 0 Å². The Kier molecular flexibility index (Phi) is 5.68. The molecule has 8 nitrogen and oxygen atoms in total. The molecule has 4 aliphatic carbocycles. The lowest BCUT2D eigenvalue weighted by molar-refractivity contribution is -0.196. The number of rotatable bonds is 4. The number of ketones is 1.